The molecule has 1 atom stereocenters. The van der Waals surface area contributed by atoms with Crippen molar-refractivity contribution in [3.05, 3.63) is 60.3 Å². The molecule has 180 valence electrons. The maximum atomic E-state index is 13.2. The highest BCUT2D eigenvalue weighted by Gasteiger charge is 2.31. The quantitative estimate of drug-likeness (QED) is 0.489. The van der Waals surface area contributed by atoms with Crippen LogP contribution in [0.4, 0.5) is 5.69 Å². The first kappa shape index (κ1) is 24.0. The van der Waals surface area contributed by atoms with Crippen LogP contribution in [0, 0.1) is 0 Å². The molecule has 2 aromatic carbocycles. The first-order valence-corrected chi connectivity index (χ1v) is 13.0. The van der Waals surface area contributed by atoms with Gasteiger partial charge in [-0.05, 0) is 56.9 Å². The van der Waals surface area contributed by atoms with Gasteiger partial charge < -0.3 is 14.8 Å². The third-order valence-electron chi connectivity index (χ3n) is 5.91. The molecule has 34 heavy (non-hydrogen) atoms. The van der Waals surface area contributed by atoms with Crippen molar-refractivity contribution in [1.29, 1.82) is 0 Å². The van der Waals surface area contributed by atoms with E-state index in [9.17, 15) is 13.2 Å². The van der Waals surface area contributed by atoms with Crippen LogP contribution in [0.25, 0.3) is 10.9 Å². The van der Waals surface area contributed by atoms with Crippen LogP contribution in [-0.4, -0.2) is 56.3 Å². The number of amidine groups is 1. The number of fused-ring (bicyclic) bond motifs is 2. The van der Waals surface area contributed by atoms with Gasteiger partial charge in [0.15, 0.2) is 0 Å². The van der Waals surface area contributed by atoms with Crippen LogP contribution >= 0.6 is 0 Å². The van der Waals surface area contributed by atoms with Crippen molar-refractivity contribution in [2.24, 2.45) is 4.99 Å². The number of amides is 1. The van der Waals surface area contributed by atoms with Gasteiger partial charge in [-0.3, -0.25) is 14.5 Å². The predicted octanol–water partition coefficient (Wildman–Crippen LogP) is 3.44. The van der Waals surface area contributed by atoms with Crippen LogP contribution in [0.2, 0.25) is 0 Å². The maximum Gasteiger partial charge on any atom is 0.263 e. The van der Waals surface area contributed by atoms with E-state index < -0.39 is 16.1 Å². The zero-order valence-electron chi connectivity index (χ0n) is 19.8. The van der Waals surface area contributed by atoms with Gasteiger partial charge in [-0.1, -0.05) is 31.9 Å². The van der Waals surface area contributed by atoms with Crippen molar-refractivity contribution in [2.45, 2.75) is 43.7 Å². The van der Waals surface area contributed by atoms with E-state index in [1.54, 1.807) is 24.3 Å². The molecule has 0 fully saturated rings. The fourth-order valence-electron chi connectivity index (χ4n) is 4.04. The van der Waals surface area contributed by atoms with Gasteiger partial charge in [-0.15, -0.1) is 0 Å². The average Bonchev–Trinajstić information content (AvgIpc) is 3.32. The van der Waals surface area contributed by atoms with E-state index in [1.165, 1.54) is 0 Å². The summed E-state index contributed by atoms with van der Waals surface area (Å²) in [5.41, 5.74) is 2.30. The number of likely N-dealkylation sites (N-methyl/N-ethyl adjacent to an activating group) is 1. The number of hydrogen-bond acceptors (Lipinski definition) is 5. The second-order valence-corrected chi connectivity index (χ2v) is 10.5. The van der Waals surface area contributed by atoms with E-state index in [0.717, 1.165) is 36.8 Å². The highest BCUT2D eigenvalue weighted by molar-refractivity contribution is 7.90. The molecule has 1 aliphatic heterocycles. The Bertz CT molecular complexity index is 1330. The van der Waals surface area contributed by atoms with Crippen molar-refractivity contribution in [2.75, 3.05) is 26.0 Å². The normalized spacial score (nSPS) is 16.5. The summed E-state index contributed by atoms with van der Waals surface area (Å²) < 4.78 is 29.6. The first-order valence-electron chi connectivity index (χ1n) is 11.5. The summed E-state index contributed by atoms with van der Waals surface area (Å²) in [4.78, 5) is 20.1. The number of aromatic nitrogens is 1. The maximum absolute atomic E-state index is 13.2. The SMILES string of the molecule is CCCCC(N=C1NS(=O)(=O)c2ccccc21)C(=O)Nc1ccc2c(ccn2CCN(C)C)c1. The minimum absolute atomic E-state index is 0.188. The molecular weight excluding hydrogens is 450 g/mol. The topological polar surface area (TPSA) is 95.8 Å². The molecule has 1 aromatic heterocycles. The minimum Gasteiger partial charge on any atom is -0.346 e. The number of unbranched alkanes of at least 4 members (excludes halogenated alkanes) is 1. The first-order chi connectivity index (χ1) is 16.3. The molecule has 0 radical (unpaired) electrons. The smallest absolute Gasteiger partial charge is 0.263 e. The summed E-state index contributed by atoms with van der Waals surface area (Å²) in [6, 6.07) is 13.9. The standard InChI is InChI=1S/C25H31N5O3S/c1-4-5-9-21(27-24-20-8-6-7-10-23(20)34(32,33)28-24)25(31)26-19-11-12-22-18(17-19)13-14-30(22)16-15-29(2)3/h6-8,10-14,17,21H,4-5,9,15-16H2,1-3H3,(H,26,31)(H,27,28). The minimum atomic E-state index is -3.66. The van der Waals surface area contributed by atoms with Gasteiger partial charge in [0.05, 0.1) is 4.90 Å². The molecule has 1 aliphatic rings. The Morgan fingerprint density at radius 2 is 1.97 bits per heavy atom. The lowest BCUT2D eigenvalue weighted by molar-refractivity contribution is -0.117. The van der Waals surface area contributed by atoms with E-state index in [2.05, 4.69) is 30.7 Å². The second kappa shape index (κ2) is 9.99. The monoisotopic (exact) mass is 481 g/mol. The van der Waals surface area contributed by atoms with E-state index in [4.69, 9.17) is 0 Å². The Hall–Kier alpha value is -3.17. The molecular formula is C25H31N5O3S. The van der Waals surface area contributed by atoms with Crippen LogP contribution in [-0.2, 0) is 21.4 Å². The lowest BCUT2D eigenvalue weighted by atomic mass is 10.1. The van der Waals surface area contributed by atoms with Crippen LogP contribution in [0.3, 0.4) is 0 Å². The van der Waals surface area contributed by atoms with E-state index in [0.29, 0.717) is 17.7 Å². The molecule has 3 aromatic rings. The third-order valence-corrected chi connectivity index (χ3v) is 7.31. The van der Waals surface area contributed by atoms with E-state index >= 15 is 0 Å². The number of carbonyl (C=O) groups excluding carboxylic acids is 1. The fraction of sp³-hybridized carbons (Fsp3) is 0.360. The molecule has 2 heterocycles. The van der Waals surface area contributed by atoms with Gasteiger partial charge in [-0.25, -0.2) is 8.42 Å². The average molecular weight is 482 g/mol. The van der Waals surface area contributed by atoms with E-state index in [-0.39, 0.29) is 16.6 Å². The van der Waals surface area contributed by atoms with Crippen LogP contribution in [0.5, 0.6) is 0 Å². The number of aliphatic imine (C=N–C) groups is 1. The number of rotatable bonds is 9. The molecule has 0 saturated carbocycles. The second-order valence-electron chi connectivity index (χ2n) is 8.81. The summed E-state index contributed by atoms with van der Waals surface area (Å²) in [5, 5.41) is 4.03. The molecule has 2 N–H and O–H groups in total. The zero-order chi connectivity index (χ0) is 24.3. The highest BCUT2D eigenvalue weighted by Crippen LogP contribution is 2.24. The van der Waals surface area contributed by atoms with Crippen molar-refractivity contribution in [1.82, 2.24) is 14.2 Å². The predicted molar refractivity (Wildman–Crippen MR) is 136 cm³/mol. The summed E-state index contributed by atoms with van der Waals surface area (Å²) in [5.74, 6) is -0.0313. The fourth-order valence-corrected chi connectivity index (χ4v) is 5.28. The van der Waals surface area contributed by atoms with Gasteiger partial charge in [0, 0.05) is 41.4 Å². The number of hydrogen-bond donors (Lipinski definition) is 2. The number of nitrogens with zero attached hydrogens (tertiary/aromatic N) is 3. The summed E-state index contributed by atoms with van der Waals surface area (Å²) in [6.45, 7) is 3.87. The largest absolute Gasteiger partial charge is 0.346 e. The molecule has 1 amide bonds. The number of nitrogens with one attached hydrogen (secondary N) is 2. The Balaban J connectivity index is 1.56. The van der Waals surface area contributed by atoms with Crippen LogP contribution < -0.4 is 10.0 Å². The van der Waals surface area contributed by atoms with Gasteiger partial charge >= 0.3 is 0 Å². The van der Waals surface area contributed by atoms with Gasteiger partial charge in [-0.2, -0.15) is 0 Å². The van der Waals surface area contributed by atoms with Crippen LogP contribution in [0.1, 0.15) is 31.7 Å². The van der Waals surface area contributed by atoms with Crippen LogP contribution in [0.15, 0.2) is 64.6 Å². The van der Waals surface area contributed by atoms with Crippen molar-refractivity contribution >= 4 is 38.4 Å². The summed E-state index contributed by atoms with van der Waals surface area (Å²) in [7, 11) is 0.441. The number of anilines is 1. The van der Waals surface area contributed by atoms with Crippen molar-refractivity contribution < 1.29 is 13.2 Å². The highest BCUT2D eigenvalue weighted by atomic mass is 32.2. The third kappa shape index (κ3) is 5.15. The Kier molecular flexibility index (Phi) is 7.04. The summed E-state index contributed by atoms with van der Waals surface area (Å²) >= 11 is 0. The van der Waals surface area contributed by atoms with Gasteiger partial charge in [0.2, 0.25) is 5.91 Å². The molecule has 9 heteroatoms. The zero-order valence-corrected chi connectivity index (χ0v) is 20.6. The molecule has 0 bridgehead atoms. The molecule has 4 rings (SSSR count). The Labute approximate surface area is 200 Å². The summed E-state index contributed by atoms with van der Waals surface area (Å²) in [6.07, 6.45) is 4.29. The van der Waals surface area contributed by atoms with Crippen molar-refractivity contribution in [3.8, 4) is 0 Å². The number of sulfonamides is 1. The molecule has 1 unspecified atom stereocenters. The molecule has 0 spiro atoms. The Morgan fingerprint density at radius 1 is 1.18 bits per heavy atom. The molecule has 8 nitrogen and oxygen atoms in total. The van der Waals surface area contributed by atoms with Crippen molar-refractivity contribution in [3.63, 3.8) is 0 Å². The lowest BCUT2D eigenvalue weighted by Crippen LogP contribution is -2.30. The molecule has 0 saturated heterocycles. The lowest BCUT2D eigenvalue weighted by Gasteiger charge is -2.14. The van der Waals surface area contributed by atoms with Gasteiger partial charge in [0.1, 0.15) is 11.9 Å². The van der Waals surface area contributed by atoms with E-state index in [1.807, 2.05) is 45.3 Å². The molecule has 0 aliphatic carbocycles. The Morgan fingerprint density at radius 3 is 2.74 bits per heavy atom. The van der Waals surface area contributed by atoms with Gasteiger partial charge in [0.25, 0.3) is 10.0 Å². The number of carbonyl (C=O) groups is 1. The number of benzene rings is 2.